The second-order valence-electron chi connectivity index (χ2n) is 5.15. The van der Waals surface area contributed by atoms with Gasteiger partial charge in [-0.1, -0.05) is 17.7 Å². The molecule has 0 spiro atoms. The van der Waals surface area contributed by atoms with Crippen molar-refractivity contribution in [2.24, 2.45) is 0 Å². The number of ketones is 3. The summed E-state index contributed by atoms with van der Waals surface area (Å²) in [7, 11) is 0. The minimum absolute atomic E-state index is 0.0108. The fraction of sp³-hybridized carbons (Fsp3) is 0.118. The van der Waals surface area contributed by atoms with E-state index in [0.717, 1.165) is 5.56 Å². The van der Waals surface area contributed by atoms with Crippen LogP contribution in [0.25, 0.3) is 0 Å². The predicted molar refractivity (Wildman–Crippen MR) is 80.3 cm³/mol. The molecule has 1 N–H and O–H groups in total. The van der Waals surface area contributed by atoms with Crippen LogP contribution in [0.5, 0.6) is 0 Å². The number of aryl methyl sites for hydroxylation is 1. The Morgan fingerprint density at radius 1 is 1.14 bits per heavy atom. The van der Waals surface area contributed by atoms with Crippen molar-refractivity contribution in [2.75, 3.05) is 5.32 Å². The molecule has 1 aliphatic carbocycles. The molecule has 0 saturated heterocycles. The summed E-state index contributed by atoms with van der Waals surface area (Å²) in [5.74, 6) is -1.21. The van der Waals surface area contributed by atoms with E-state index < -0.39 is 5.78 Å². The van der Waals surface area contributed by atoms with Gasteiger partial charge in [0.25, 0.3) is 0 Å². The standard InChI is InChI=1S/C17H13NO4/c1-9-3-5-11(6-4-9)18-13-8-14(20)12-7-15(10(2)19)22-17(12)16(13)21/h3-8,18H,1-2H3. The molecule has 3 rings (SSSR count). The van der Waals surface area contributed by atoms with Crippen LogP contribution in [0.2, 0.25) is 0 Å². The van der Waals surface area contributed by atoms with Gasteiger partial charge in [-0.25, -0.2) is 0 Å². The number of carbonyl (C=O) groups is 3. The molecule has 1 aromatic carbocycles. The molecule has 5 heteroatoms. The number of hydrogen-bond acceptors (Lipinski definition) is 5. The molecule has 1 aromatic heterocycles. The van der Waals surface area contributed by atoms with Crippen molar-refractivity contribution in [1.82, 2.24) is 0 Å². The van der Waals surface area contributed by atoms with Crippen LogP contribution >= 0.6 is 0 Å². The monoisotopic (exact) mass is 295 g/mol. The van der Waals surface area contributed by atoms with E-state index in [1.165, 1.54) is 19.1 Å². The molecule has 110 valence electrons. The van der Waals surface area contributed by atoms with Crippen molar-refractivity contribution < 1.29 is 18.8 Å². The van der Waals surface area contributed by atoms with E-state index in [9.17, 15) is 14.4 Å². The molecule has 0 bridgehead atoms. The molecule has 22 heavy (non-hydrogen) atoms. The molecule has 5 nitrogen and oxygen atoms in total. The summed E-state index contributed by atoms with van der Waals surface area (Å²) < 4.78 is 5.24. The first kappa shape index (κ1) is 14.0. The number of nitrogens with one attached hydrogen (secondary N) is 1. The van der Waals surface area contributed by atoms with Gasteiger partial charge < -0.3 is 9.73 Å². The molecular formula is C17H13NO4. The highest BCUT2D eigenvalue weighted by molar-refractivity contribution is 6.24. The number of furan rings is 1. The lowest BCUT2D eigenvalue weighted by molar-refractivity contribution is 0.0950. The molecular weight excluding hydrogens is 282 g/mol. The molecule has 0 unspecified atom stereocenters. The Balaban J connectivity index is 1.94. The molecule has 0 saturated carbocycles. The van der Waals surface area contributed by atoms with Crippen molar-refractivity contribution in [3.63, 3.8) is 0 Å². The Bertz CT molecular complexity index is 825. The highest BCUT2D eigenvalue weighted by Gasteiger charge is 2.31. The molecule has 0 fully saturated rings. The van der Waals surface area contributed by atoms with Crippen molar-refractivity contribution in [2.45, 2.75) is 13.8 Å². The maximum atomic E-state index is 12.4. The van der Waals surface area contributed by atoms with Crippen LogP contribution in [0.1, 0.15) is 44.0 Å². The van der Waals surface area contributed by atoms with Crippen LogP contribution in [0.4, 0.5) is 5.69 Å². The SMILES string of the molecule is CC(=O)c1cc2c(o1)C(=O)C(Nc1ccc(C)cc1)=CC2=O. The van der Waals surface area contributed by atoms with Gasteiger partial charge in [0.15, 0.2) is 23.1 Å². The third-order valence-corrected chi connectivity index (χ3v) is 3.40. The zero-order valence-corrected chi connectivity index (χ0v) is 12.1. The predicted octanol–water partition coefficient (Wildman–Crippen LogP) is 3.17. The second-order valence-corrected chi connectivity index (χ2v) is 5.15. The summed E-state index contributed by atoms with van der Waals surface area (Å²) in [5.41, 5.74) is 2.04. The lowest BCUT2D eigenvalue weighted by Crippen LogP contribution is -2.20. The third kappa shape index (κ3) is 2.37. The van der Waals surface area contributed by atoms with Crippen LogP contribution in [0.15, 0.2) is 46.5 Å². The van der Waals surface area contributed by atoms with E-state index in [0.29, 0.717) is 5.69 Å². The Kier molecular flexibility index (Phi) is 3.25. The number of fused-ring (bicyclic) bond motifs is 1. The molecule has 0 amide bonds. The van der Waals surface area contributed by atoms with E-state index >= 15 is 0 Å². The Morgan fingerprint density at radius 3 is 2.45 bits per heavy atom. The number of carbonyl (C=O) groups excluding carboxylic acids is 3. The van der Waals surface area contributed by atoms with Gasteiger partial charge in [0.05, 0.1) is 11.3 Å². The van der Waals surface area contributed by atoms with E-state index in [-0.39, 0.29) is 34.3 Å². The smallest absolute Gasteiger partial charge is 0.245 e. The largest absolute Gasteiger partial charge is 0.449 e. The average molecular weight is 295 g/mol. The van der Waals surface area contributed by atoms with E-state index in [2.05, 4.69) is 5.32 Å². The average Bonchev–Trinajstić information content (AvgIpc) is 2.93. The first-order valence-electron chi connectivity index (χ1n) is 6.75. The van der Waals surface area contributed by atoms with Crippen LogP contribution < -0.4 is 5.32 Å². The molecule has 2 aromatic rings. The lowest BCUT2D eigenvalue weighted by atomic mass is 9.99. The lowest BCUT2D eigenvalue weighted by Gasteiger charge is -2.13. The molecule has 0 atom stereocenters. The molecule has 1 heterocycles. The number of allylic oxidation sites excluding steroid dienone is 2. The number of rotatable bonds is 3. The maximum absolute atomic E-state index is 12.4. The van der Waals surface area contributed by atoms with Gasteiger partial charge in [0.1, 0.15) is 0 Å². The summed E-state index contributed by atoms with van der Waals surface area (Å²) in [4.78, 5) is 35.8. The van der Waals surface area contributed by atoms with Crippen molar-refractivity contribution in [3.8, 4) is 0 Å². The van der Waals surface area contributed by atoms with Gasteiger partial charge in [-0.2, -0.15) is 0 Å². The molecule has 0 radical (unpaired) electrons. The van der Waals surface area contributed by atoms with Crippen LogP contribution in [-0.4, -0.2) is 17.3 Å². The Hall–Kier alpha value is -2.95. The second kappa shape index (κ2) is 5.11. The van der Waals surface area contributed by atoms with E-state index in [4.69, 9.17) is 4.42 Å². The normalized spacial score (nSPS) is 13.6. The Labute approximate surface area is 126 Å². The minimum Gasteiger partial charge on any atom is -0.449 e. The van der Waals surface area contributed by atoms with Gasteiger partial charge in [-0.3, -0.25) is 14.4 Å². The Morgan fingerprint density at radius 2 is 1.82 bits per heavy atom. The van der Waals surface area contributed by atoms with Gasteiger partial charge in [-0.05, 0) is 25.1 Å². The van der Waals surface area contributed by atoms with Crippen molar-refractivity contribution in [1.29, 1.82) is 0 Å². The third-order valence-electron chi connectivity index (χ3n) is 3.40. The summed E-state index contributed by atoms with van der Waals surface area (Å²) in [6.07, 6.45) is 1.23. The van der Waals surface area contributed by atoms with Crippen LogP contribution in [0.3, 0.4) is 0 Å². The molecule has 0 aliphatic heterocycles. The van der Waals surface area contributed by atoms with Crippen molar-refractivity contribution in [3.05, 3.63) is 64.8 Å². The summed E-state index contributed by atoms with van der Waals surface area (Å²) >= 11 is 0. The minimum atomic E-state index is -0.442. The maximum Gasteiger partial charge on any atom is 0.245 e. The van der Waals surface area contributed by atoms with E-state index in [1.54, 1.807) is 0 Å². The van der Waals surface area contributed by atoms with Gasteiger partial charge in [0.2, 0.25) is 5.78 Å². The van der Waals surface area contributed by atoms with Gasteiger partial charge >= 0.3 is 0 Å². The number of Topliss-reactive ketones (excluding diaryl/α,β-unsaturated/α-hetero) is 2. The zero-order valence-electron chi connectivity index (χ0n) is 12.1. The van der Waals surface area contributed by atoms with Gasteiger partial charge in [-0.15, -0.1) is 0 Å². The number of anilines is 1. The fourth-order valence-electron chi connectivity index (χ4n) is 2.20. The van der Waals surface area contributed by atoms with Crippen LogP contribution in [-0.2, 0) is 0 Å². The first-order chi connectivity index (χ1) is 10.5. The first-order valence-corrected chi connectivity index (χ1v) is 6.75. The topological polar surface area (TPSA) is 76.4 Å². The van der Waals surface area contributed by atoms with Crippen molar-refractivity contribution >= 4 is 23.0 Å². The summed E-state index contributed by atoms with van der Waals surface area (Å²) in [6.45, 7) is 3.27. The summed E-state index contributed by atoms with van der Waals surface area (Å²) in [5, 5.41) is 2.91. The molecule has 1 aliphatic rings. The van der Waals surface area contributed by atoms with E-state index in [1.807, 2.05) is 31.2 Å². The number of hydrogen-bond donors (Lipinski definition) is 1. The fourth-order valence-corrected chi connectivity index (χ4v) is 2.20. The highest BCUT2D eigenvalue weighted by Crippen LogP contribution is 2.26. The van der Waals surface area contributed by atoms with Crippen LogP contribution in [0, 0.1) is 6.92 Å². The quantitative estimate of drug-likeness (QED) is 0.880. The highest BCUT2D eigenvalue weighted by atomic mass is 16.4. The number of benzene rings is 1. The van der Waals surface area contributed by atoms with Gasteiger partial charge in [0, 0.05) is 18.7 Å². The zero-order chi connectivity index (χ0) is 15.9. The summed E-state index contributed by atoms with van der Waals surface area (Å²) in [6, 6.07) is 8.73.